The first-order valence-corrected chi connectivity index (χ1v) is 7.38. The van der Waals surface area contributed by atoms with E-state index >= 15 is 0 Å². The van der Waals surface area contributed by atoms with Crippen LogP contribution < -0.4 is 0 Å². The van der Waals surface area contributed by atoms with E-state index in [9.17, 15) is 0 Å². The lowest BCUT2D eigenvalue weighted by atomic mass is 9.95. The van der Waals surface area contributed by atoms with Crippen LogP contribution in [-0.2, 0) is 0 Å². The third kappa shape index (κ3) is 7.27. The molecule has 1 rings (SSSR count). The summed E-state index contributed by atoms with van der Waals surface area (Å²) < 4.78 is 0.314. The summed E-state index contributed by atoms with van der Waals surface area (Å²) >= 11 is 4.81. The van der Waals surface area contributed by atoms with E-state index in [1.54, 1.807) is 0 Å². The van der Waals surface area contributed by atoms with E-state index in [0.29, 0.717) is 4.75 Å². The maximum Gasteiger partial charge on any atom is 0.0101 e. The second-order valence-electron chi connectivity index (χ2n) is 5.53. The minimum atomic E-state index is 0.314. The molecule has 15 heavy (non-hydrogen) atoms. The highest BCUT2D eigenvalue weighted by atomic mass is 32.1. The Morgan fingerprint density at radius 2 is 0.867 bits per heavy atom. The average Bonchev–Trinajstić information content (AvgIpc) is 2.20. The van der Waals surface area contributed by atoms with Gasteiger partial charge in [0.05, 0.1) is 0 Å². The monoisotopic (exact) mass is 228 g/mol. The fourth-order valence-electron chi connectivity index (χ4n) is 2.55. The van der Waals surface area contributed by atoms with Crippen LogP contribution in [0.1, 0.15) is 84.0 Å². The standard InChI is InChI=1S/C14H28S/c1-14(15)12-10-8-6-4-2-3-5-7-9-11-13-14/h15H,2-13H2,1H3. The molecule has 1 fully saturated rings. The summed E-state index contributed by atoms with van der Waals surface area (Å²) in [6, 6.07) is 0. The number of hydrogen-bond acceptors (Lipinski definition) is 1. The second-order valence-corrected chi connectivity index (χ2v) is 6.61. The van der Waals surface area contributed by atoms with E-state index in [1.807, 2.05) is 0 Å². The Kier molecular flexibility index (Phi) is 6.79. The molecule has 0 aromatic heterocycles. The zero-order valence-electron chi connectivity index (χ0n) is 10.4. The molecule has 0 nitrogen and oxygen atoms in total. The van der Waals surface area contributed by atoms with Crippen LogP contribution >= 0.6 is 12.6 Å². The summed E-state index contributed by atoms with van der Waals surface area (Å²) in [7, 11) is 0. The van der Waals surface area contributed by atoms with E-state index in [2.05, 4.69) is 6.92 Å². The van der Waals surface area contributed by atoms with Gasteiger partial charge in [0.15, 0.2) is 0 Å². The summed E-state index contributed by atoms with van der Waals surface area (Å²) in [4.78, 5) is 0. The minimum Gasteiger partial charge on any atom is -0.173 e. The molecule has 0 spiro atoms. The molecule has 1 heteroatoms. The summed E-state index contributed by atoms with van der Waals surface area (Å²) in [6.07, 6.45) is 17.0. The molecular weight excluding hydrogens is 200 g/mol. The van der Waals surface area contributed by atoms with Crippen molar-refractivity contribution in [2.45, 2.75) is 88.7 Å². The van der Waals surface area contributed by atoms with Crippen molar-refractivity contribution in [3.8, 4) is 0 Å². The Hall–Kier alpha value is 0.350. The summed E-state index contributed by atoms with van der Waals surface area (Å²) in [5.41, 5.74) is 0. The summed E-state index contributed by atoms with van der Waals surface area (Å²) in [5.74, 6) is 0. The summed E-state index contributed by atoms with van der Waals surface area (Å²) in [6.45, 7) is 2.33. The van der Waals surface area contributed by atoms with Gasteiger partial charge >= 0.3 is 0 Å². The topological polar surface area (TPSA) is 0 Å². The van der Waals surface area contributed by atoms with E-state index in [0.717, 1.165) is 0 Å². The molecule has 1 saturated carbocycles. The smallest absolute Gasteiger partial charge is 0.0101 e. The molecule has 0 aromatic rings. The van der Waals surface area contributed by atoms with Gasteiger partial charge in [-0.25, -0.2) is 0 Å². The molecular formula is C14H28S. The van der Waals surface area contributed by atoms with Gasteiger partial charge in [-0.05, 0) is 12.8 Å². The minimum absolute atomic E-state index is 0.314. The van der Waals surface area contributed by atoms with Gasteiger partial charge in [-0.15, -0.1) is 0 Å². The molecule has 0 aliphatic heterocycles. The van der Waals surface area contributed by atoms with Crippen molar-refractivity contribution in [2.75, 3.05) is 0 Å². The van der Waals surface area contributed by atoms with Gasteiger partial charge in [0.2, 0.25) is 0 Å². The molecule has 90 valence electrons. The van der Waals surface area contributed by atoms with Crippen molar-refractivity contribution in [3.05, 3.63) is 0 Å². The molecule has 1 aliphatic carbocycles. The Morgan fingerprint density at radius 1 is 0.600 bits per heavy atom. The second kappa shape index (κ2) is 7.60. The molecule has 0 atom stereocenters. The van der Waals surface area contributed by atoms with Gasteiger partial charge in [0, 0.05) is 4.75 Å². The Balaban J connectivity index is 2.24. The first-order valence-electron chi connectivity index (χ1n) is 6.93. The predicted octanol–water partition coefficient (Wildman–Crippen LogP) is 5.37. The van der Waals surface area contributed by atoms with Gasteiger partial charge in [-0.2, -0.15) is 12.6 Å². The number of thiol groups is 1. The van der Waals surface area contributed by atoms with E-state index in [-0.39, 0.29) is 0 Å². The van der Waals surface area contributed by atoms with Crippen LogP contribution in [0.15, 0.2) is 0 Å². The van der Waals surface area contributed by atoms with Crippen LogP contribution in [0.2, 0.25) is 0 Å². The Morgan fingerprint density at radius 3 is 1.20 bits per heavy atom. The van der Waals surface area contributed by atoms with Crippen LogP contribution in [0.5, 0.6) is 0 Å². The first-order chi connectivity index (χ1) is 7.21. The predicted molar refractivity (Wildman–Crippen MR) is 72.8 cm³/mol. The maximum atomic E-state index is 4.81. The van der Waals surface area contributed by atoms with Crippen molar-refractivity contribution in [1.82, 2.24) is 0 Å². The lowest BCUT2D eigenvalue weighted by Gasteiger charge is -2.23. The third-order valence-electron chi connectivity index (χ3n) is 3.68. The van der Waals surface area contributed by atoms with Gasteiger partial charge in [-0.3, -0.25) is 0 Å². The quantitative estimate of drug-likeness (QED) is 0.529. The molecule has 0 amide bonds. The number of hydrogen-bond donors (Lipinski definition) is 1. The third-order valence-corrected chi connectivity index (χ3v) is 4.13. The fourth-order valence-corrected chi connectivity index (χ4v) is 2.87. The highest BCUT2D eigenvalue weighted by molar-refractivity contribution is 7.81. The Bertz CT molecular complexity index is 135. The molecule has 0 unspecified atom stereocenters. The fraction of sp³-hybridized carbons (Fsp3) is 1.00. The number of rotatable bonds is 0. The van der Waals surface area contributed by atoms with Crippen molar-refractivity contribution >= 4 is 12.6 Å². The van der Waals surface area contributed by atoms with Crippen molar-refractivity contribution in [1.29, 1.82) is 0 Å². The van der Waals surface area contributed by atoms with Gasteiger partial charge in [-0.1, -0.05) is 71.1 Å². The maximum absolute atomic E-state index is 4.81. The van der Waals surface area contributed by atoms with E-state index in [4.69, 9.17) is 12.6 Å². The van der Waals surface area contributed by atoms with Crippen molar-refractivity contribution < 1.29 is 0 Å². The van der Waals surface area contributed by atoms with Gasteiger partial charge in [0.25, 0.3) is 0 Å². The van der Waals surface area contributed by atoms with Crippen molar-refractivity contribution in [3.63, 3.8) is 0 Å². The first kappa shape index (κ1) is 13.4. The molecule has 0 saturated heterocycles. The zero-order valence-corrected chi connectivity index (χ0v) is 11.3. The largest absolute Gasteiger partial charge is 0.173 e. The normalized spacial score (nSPS) is 26.0. The Labute approximate surface area is 102 Å². The lowest BCUT2D eigenvalue weighted by Crippen LogP contribution is -2.16. The van der Waals surface area contributed by atoms with Crippen LogP contribution in [0, 0.1) is 0 Å². The van der Waals surface area contributed by atoms with E-state index < -0.39 is 0 Å². The van der Waals surface area contributed by atoms with Crippen LogP contribution in [0.3, 0.4) is 0 Å². The highest BCUT2D eigenvalue weighted by Crippen LogP contribution is 2.29. The van der Waals surface area contributed by atoms with Crippen molar-refractivity contribution in [2.24, 2.45) is 0 Å². The SMILES string of the molecule is CC1(S)CCCCCCCCCCCC1. The molecule has 0 aromatic carbocycles. The molecule has 1 aliphatic rings. The molecule has 0 bridgehead atoms. The van der Waals surface area contributed by atoms with Crippen LogP contribution in [0.4, 0.5) is 0 Å². The van der Waals surface area contributed by atoms with Crippen LogP contribution in [-0.4, -0.2) is 4.75 Å². The molecule has 0 heterocycles. The highest BCUT2D eigenvalue weighted by Gasteiger charge is 2.17. The molecule has 0 radical (unpaired) electrons. The van der Waals surface area contributed by atoms with E-state index in [1.165, 1.54) is 77.0 Å². The van der Waals surface area contributed by atoms with Crippen LogP contribution in [0.25, 0.3) is 0 Å². The summed E-state index contributed by atoms with van der Waals surface area (Å²) in [5, 5.41) is 0. The van der Waals surface area contributed by atoms with Gasteiger partial charge < -0.3 is 0 Å². The average molecular weight is 228 g/mol. The van der Waals surface area contributed by atoms with Gasteiger partial charge in [0.1, 0.15) is 0 Å². The lowest BCUT2D eigenvalue weighted by molar-refractivity contribution is 0.480. The molecule has 0 N–H and O–H groups in total. The zero-order chi connectivity index (χ0) is 11.0.